The van der Waals surface area contributed by atoms with Crippen LogP contribution in [0.2, 0.25) is 0 Å². The number of H-pyrrole nitrogens is 1. The van der Waals surface area contributed by atoms with Crippen molar-refractivity contribution in [3.8, 4) is 11.3 Å². The number of hydrogen-bond acceptors (Lipinski definition) is 3. The summed E-state index contributed by atoms with van der Waals surface area (Å²) in [4.78, 5) is 12.6. The lowest BCUT2D eigenvalue weighted by Gasteiger charge is -2.31. The van der Waals surface area contributed by atoms with Crippen LogP contribution in [-0.4, -0.2) is 28.7 Å². The van der Waals surface area contributed by atoms with Crippen molar-refractivity contribution in [2.45, 2.75) is 31.7 Å². The summed E-state index contributed by atoms with van der Waals surface area (Å²) in [5.41, 5.74) is 8.01. The summed E-state index contributed by atoms with van der Waals surface area (Å²) in [7, 11) is 0. The molecule has 3 rings (SSSR count). The first-order valence-electron chi connectivity index (χ1n) is 8.01. The number of carbonyl (C=O) groups is 1. The maximum absolute atomic E-state index is 12.6. The molecule has 0 saturated heterocycles. The molecule has 0 aliphatic heterocycles. The summed E-state index contributed by atoms with van der Waals surface area (Å²) in [5.74, 6) is 0.236. The van der Waals surface area contributed by atoms with Crippen molar-refractivity contribution >= 4 is 34.2 Å². The van der Waals surface area contributed by atoms with Gasteiger partial charge in [0, 0.05) is 11.6 Å². The van der Waals surface area contributed by atoms with Crippen molar-refractivity contribution in [1.29, 1.82) is 0 Å². The van der Waals surface area contributed by atoms with Gasteiger partial charge in [0.15, 0.2) is 0 Å². The van der Waals surface area contributed by atoms with E-state index < -0.39 is 0 Å². The predicted molar refractivity (Wildman–Crippen MR) is 101 cm³/mol. The van der Waals surface area contributed by atoms with E-state index in [9.17, 15) is 4.79 Å². The first-order valence-corrected chi connectivity index (χ1v) is 8.80. The number of aromatic amines is 1. The third kappa shape index (κ3) is 3.99. The van der Waals surface area contributed by atoms with Crippen LogP contribution in [-0.2, 0) is 0 Å². The number of aromatic nitrogens is 2. The lowest BCUT2D eigenvalue weighted by Crippen LogP contribution is -2.44. The third-order valence-corrected chi connectivity index (χ3v) is 5.28. The monoisotopic (exact) mass is 412 g/mol. The Morgan fingerprint density at radius 3 is 2.71 bits per heavy atom. The molecule has 4 N–H and O–H groups in total. The molecule has 2 aromatic rings. The number of hydrogen-bond donors (Lipinski definition) is 3. The fraction of sp³-hybridized carbons (Fsp3) is 0.412. The van der Waals surface area contributed by atoms with Crippen LogP contribution in [0.25, 0.3) is 11.3 Å². The van der Waals surface area contributed by atoms with E-state index in [2.05, 4.69) is 31.4 Å². The SMILES string of the molecule is Cl.NCC1CCCCC1NC(=O)c1[nH]nc(-c2ccccc2)c1Br. The molecule has 1 aromatic heterocycles. The smallest absolute Gasteiger partial charge is 0.270 e. The Kier molecular flexibility index (Phi) is 6.83. The molecule has 5 nitrogen and oxygen atoms in total. The maximum atomic E-state index is 12.6. The van der Waals surface area contributed by atoms with Gasteiger partial charge in [0.25, 0.3) is 5.91 Å². The number of nitrogens with zero attached hydrogens (tertiary/aromatic N) is 1. The minimum Gasteiger partial charge on any atom is -0.348 e. The highest BCUT2D eigenvalue weighted by molar-refractivity contribution is 9.10. The van der Waals surface area contributed by atoms with Gasteiger partial charge in [-0.1, -0.05) is 43.2 Å². The van der Waals surface area contributed by atoms with Gasteiger partial charge in [-0.2, -0.15) is 5.10 Å². The van der Waals surface area contributed by atoms with Crippen LogP contribution in [0.1, 0.15) is 36.2 Å². The Bertz CT molecular complexity index is 676. The standard InChI is InChI=1S/C17H21BrN4O.ClH/c18-14-15(11-6-2-1-3-7-11)21-22-16(14)17(23)20-13-9-5-4-8-12(13)10-19;/h1-3,6-7,12-13H,4-5,8-10,19H2,(H,20,23)(H,21,22);1H. The Morgan fingerprint density at radius 1 is 1.29 bits per heavy atom. The number of halogens is 2. The van der Waals surface area contributed by atoms with Gasteiger partial charge in [0.2, 0.25) is 0 Å². The van der Waals surface area contributed by atoms with Crippen LogP contribution in [0.3, 0.4) is 0 Å². The second-order valence-corrected chi connectivity index (χ2v) is 6.78. The van der Waals surface area contributed by atoms with Gasteiger partial charge in [-0.15, -0.1) is 12.4 Å². The lowest BCUT2D eigenvalue weighted by molar-refractivity contribution is 0.0902. The van der Waals surface area contributed by atoms with E-state index in [1.807, 2.05) is 30.3 Å². The first kappa shape index (κ1) is 19.0. The second kappa shape index (κ2) is 8.65. The molecule has 1 amide bonds. The van der Waals surface area contributed by atoms with Crippen LogP contribution >= 0.6 is 28.3 Å². The fourth-order valence-electron chi connectivity index (χ4n) is 3.19. The van der Waals surface area contributed by atoms with E-state index in [-0.39, 0.29) is 24.4 Å². The highest BCUT2D eigenvalue weighted by atomic mass is 79.9. The molecule has 24 heavy (non-hydrogen) atoms. The highest BCUT2D eigenvalue weighted by Gasteiger charge is 2.27. The van der Waals surface area contributed by atoms with Crippen LogP contribution in [0.4, 0.5) is 0 Å². The van der Waals surface area contributed by atoms with Gasteiger partial charge in [-0.3, -0.25) is 9.89 Å². The maximum Gasteiger partial charge on any atom is 0.270 e. The van der Waals surface area contributed by atoms with E-state index in [1.165, 1.54) is 6.42 Å². The van der Waals surface area contributed by atoms with E-state index in [0.29, 0.717) is 22.6 Å². The normalized spacial score (nSPS) is 20.2. The molecule has 1 aromatic carbocycles. The average molecular weight is 414 g/mol. The van der Waals surface area contributed by atoms with Crippen molar-refractivity contribution in [2.24, 2.45) is 11.7 Å². The van der Waals surface area contributed by atoms with E-state index in [0.717, 1.165) is 30.5 Å². The molecule has 0 radical (unpaired) electrons. The topological polar surface area (TPSA) is 83.8 Å². The van der Waals surface area contributed by atoms with Crippen molar-refractivity contribution < 1.29 is 4.79 Å². The zero-order chi connectivity index (χ0) is 16.2. The molecular weight excluding hydrogens is 392 g/mol. The molecule has 1 saturated carbocycles. The molecule has 7 heteroatoms. The van der Waals surface area contributed by atoms with Crippen molar-refractivity contribution in [3.05, 3.63) is 40.5 Å². The lowest BCUT2D eigenvalue weighted by atomic mass is 9.84. The zero-order valence-corrected chi connectivity index (χ0v) is 15.7. The summed E-state index contributed by atoms with van der Waals surface area (Å²) in [6.45, 7) is 0.615. The number of nitrogens with one attached hydrogen (secondary N) is 2. The van der Waals surface area contributed by atoms with Crippen LogP contribution in [0, 0.1) is 5.92 Å². The largest absolute Gasteiger partial charge is 0.348 e. The number of nitrogens with two attached hydrogens (primary N) is 1. The van der Waals surface area contributed by atoms with Gasteiger partial charge >= 0.3 is 0 Å². The Balaban J connectivity index is 0.00000208. The quantitative estimate of drug-likeness (QED) is 0.717. The minimum absolute atomic E-state index is 0. The summed E-state index contributed by atoms with van der Waals surface area (Å²) in [5, 5.41) is 10.3. The van der Waals surface area contributed by atoms with Gasteiger partial charge < -0.3 is 11.1 Å². The summed E-state index contributed by atoms with van der Waals surface area (Å²) in [6, 6.07) is 9.93. The molecule has 1 fully saturated rings. The Morgan fingerprint density at radius 2 is 2.00 bits per heavy atom. The number of rotatable bonds is 4. The molecule has 0 spiro atoms. The summed E-state index contributed by atoms with van der Waals surface area (Å²) in [6.07, 6.45) is 4.41. The van der Waals surface area contributed by atoms with Crippen LogP contribution in [0.15, 0.2) is 34.8 Å². The Hall–Kier alpha value is -1.37. The molecular formula is C17H22BrClN4O. The first-order chi connectivity index (χ1) is 11.2. The number of amides is 1. The average Bonchev–Trinajstić information content (AvgIpc) is 2.98. The zero-order valence-electron chi connectivity index (χ0n) is 13.3. The van der Waals surface area contributed by atoms with E-state index in [4.69, 9.17) is 5.73 Å². The van der Waals surface area contributed by atoms with Gasteiger partial charge in [0.05, 0.1) is 4.47 Å². The molecule has 1 aliphatic carbocycles. The van der Waals surface area contributed by atoms with Crippen molar-refractivity contribution in [2.75, 3.05) is 6.54 Å². The Labute approximate surface area is 156 Å². The van der Waals surface area contributed by atoms with Gasteiger partial charge in [-0.25, -0.2) is 0 Å². The van der Waals surface area contributed by atoms with E-state index >= 15 is 0 Å². The molecule has 2 unspecified atom stereocenters. The molecule has 0 bridgehead atoms. The molecule has 2 atom stereocenters. The summed E-state index contributed by atoms with van der Waals surface area (Å²) < 4.78 is 0.696. The molecule has 1 heterocycles. The number of carbonyl (C=O) groups excluding carboxylic acids is 1. The van der Waals surface area contributed by atoms with E-state index in [1.54, 1.807) is 0 Å². The fourth-order valence-corrected chi connectivity index (χ4v) is 3.77. The molecule has 130 valence electrons. The predicted octanol–water partition coefficient (Wildman–Crippen LogP) is 3.51. The van der Waals surface area contributed by atoms with Gasteiger partial charge in [0.1, 0.15) is 11.4 Å². The number of benzene rings is 1. The highest BCUT2D eigenvalue weighted by Crippen LogP contribution is 2.29. The third-order valence-electron chi connectivity index (χ3n) is 4.51. The van der Waals surface area contributed by atoms with Crippen molar-refractivity contribution in [1.82, 2.24) is 15.5 Å². The van der Waals surface area contributed by atoms with Crippen LogP contribution in [0.5, 0.6) is 0 Å². The molecule has 1 aliphatic rings. The van der Waals surface area contributed by atoms with Crippen LogP contribution < -0.4 is 11.1 Å². The minimum atomic E-state index is -0.128. The second-order valence-electron chi connectivity index (χ2n) is 5.99. The van der Waals surface area contributed by atoms with Gasteiger partial charge in [-0.05, 0) is 41.2 Å². The van der Waals surface area contributed by atoms with Crippen molar-refractivity contribution in [3.63, 3.8) is 0 Å². The summed E-state index contributed by atoms with van der Waals surface area (Å²) >= 11 is 3.51.